The average molecular weight is 691 g/mol. The number of esters is 2. The van der Waals surface area contributed by atoms with Gasteiger partial charge >= 0.3 is 18.0 Å². The van der Waals surface area contributed by atoms with E-state index in [1.54, 1.807) is 42.4 Å². The first kappa shape index (κ1) is 35.2. The molecule has 1 aromatic heterocycles. The standard InChI is InChI=1S/C35H39N5O8S/c1-22(41)36-27-16-17-38(39(27)18-19-46-23(2)42)20-26-21-49-32-28(37-34(45)48-35(3,4)5)31(43)40(32)29(26)33(44)47-30(24-12-8-6-9-13-24)25-14-10-7-11-15-25/h6-17,28,30,32H,18-21H2,1-5H3,(H,37,45)/p+1/t28-,32-/m1/s1. The van der Waals surface area contributed by atoms with E-state index in [4.69, 9.17) is 14.2 Å². The van der Waals surface area contributed by atoms with Crippen LogP contribution in [0.25, 0.3) is 0 Å². The Hall–Kier alpha value is -5.11. The van der Waals surface area contributed by atoms with Crippen LogP contribution in [-0.4, -0.2) is 68.8 Å². The summed E-state index contributed by atoms with van der Waals surface area (Å²) in [7, 11) is 0. The van der Waals surface area contributed by atoms with Crippen LogP contribution in [0.3, 0.4) is 0 Å². The summed E-state index contributed by atoms with van der Waals surface area (Å²) in [5.41, 5.74) is 1.40. The van der Waals surface area contributed by atoms with Crippen molar-refractivity contribution in [2.24, 2.45) is 0 Å². The summed E-state index contributed by atoms with van der Waals surface area (Å²) in [4.78, 5) is 65.5. The summed E-state index contributed by atoms with van der Waals surface area (Å²) in [5.74, 6) is -1.13. The summed E-state index contributed by atoms with van der Waals surface area (Å²) >= 11 is 1.40. The Bertz CT molecular complexity index is 1710. The van der Waals surface area contributed by atoms with E-state index in [1.165, 1.54) is 30.5 Å². The highest BCUT2D eigenvalue weighted by atomic mass is 32.2. The maximum Gasteiger partial charge on any atom is 0.408 e. The molecular weight excluding hydrogens is 650 g/mol. The lowest BCUT2D eigenvalue weighted by Crippen LogP contribution is -2.71. The Morgan fingerprint density at radius 2 is 1.61 bits per heavy atom. The van der Waals surface area contributed by atoms with Crippen molar-refractivity contribution < 1.29 is 42.9 Å². The topological polar surface area (TPSA) is 149 Å². The minimum Gasteiger partial charge on any atom is -0.464 e. The van der Waals surface area contributed by atoms with Crippen molar-refractivity contribution in [1.82, 2.24) is 14.9 Å². The molecule has 3 aromatic rings. The highest BCUT2D eigenvalue weighted by Gasteiger charge is 2.55. The molecular formula is C35H40N5O8S+. The summed E-state index contributed by atoms with van der Waals surface area (Å²) in [6.07, 6.45) is 0.230. The van der Waals surface area contributed by atoms with Crippen molar-refractivity contribution in [3.8, 4) is 0 Å². The van der Waals surface area contributed by atoms with E-state index in [-0.39, 0.29) is 31.3 Å². The molecule has 0 saturated carbocycles. The maximum atomic E-state index is 14.4. The number of ether oxygens (including phenoxy) is 3. The van der Waals surface area contributed by atoms with E-state index >= 15 is 0 Å². The number of carbonyl (C=O) groups excluding carboxylic acids is 5. The molecule has 1 saturated heterocycles. The van der Waals surface area contributed by atoms with Gasteiger partial charge in [0.1, 0.15) is 35.9 Å². The third-order valence-corrected chi connectivity index (χ3v) is 8.94. The van der Waals surface area contributed by atoms with Gasteiger partial charge in [-0.1, -0.05) is 60.7 Å². The van der Waals surface area contributed by atoms with Crippen LogP contribution in [0.15, 0.2) is 84.2 Å². The maximum absolute atomic E-state index is 14.4. The first-order valence-corrected chi connectivity index (χ1v) is 16.8. The van der Waals surface area contributed by atoms with Crippen molar-refractivity contribution in [2.45, 2.75) is 70.8 Å². The molecule has 0 radical (unpaired) electrons. The zero-order chi connectivity index (χ0) is 35.3. The third kappa shape index (κ3) is 8.49. The molecule has 0 unspecified atom stereocenters. The molecule has 1 fully saturated rings. The van der Waals surface area contributed by atoms with E-state index in [9.17, 15) is 24.0 Å². The van der Waals surface area contributed by atoms with Crippen LogP contribution in [0.5, 0.6) is 0 Å². The molecule has 2 atom stereocenters. The monoisotopic (exact) mass is 690 g/mol. The van der Waals surface area contributed by atoms with Crippen molar-refractivity contribution in [3.05, 3.63) is 95.3 Å². The van der Waals surface area contributed by atoms with Crippen LogP contribution >= 0.6 is 11.8 Å². The number of rotatable bonds is 11. The highest BCUT2D eigenvalue weighted by molar-refractivity contribution is 8.00. The number of thioether (sulfide) groups is 1. The number of hydrogen-bond donors (Lipinski definition) is 2. The first-order chi connectivity index (χ1) is 23.3. The van der Waals surface area contributed by atoms with E-state index in [0.717, 1.165) is 11.1 Å². The van der Waals surface area contributed by atoms with Crippen molar-refractivity contribution in [3.63, 3.8) is 0 Å². The fourth-order valence-corrected chi connectivity index (χ4v) is 6.92. The molecule has 49 heavy (non-hydrogen) atoms. The van der Waals surface area contributed by atoms with Gasteiger partial charge in [0.05, 0.1) is 6.07 Å². The predicted molar refractivity (Wildman–Crippen MR) is 180 cm³/mol. The number of alkyl carbamates (subject to hydrolysis) is 1. The minimum absolute atomic E-state index is 0.0415. The lowest BCUT2D eigenvalue weighted by molar-refractivity contribution is -0.767. The van der Waals surface area contributed by atoms with Crippen LogP contribution in [0.1, 0.15) is 51.8 Å². The lowest BCUT2D eigenvalue weighted by atomic mass is 10.0. The molecule has 5 rings (SSSR count). The Morgan fingerprint density at radius 1 is 0.980 bits per heavy atom. The molecule has 2 aliphatic rings. The van der Waals surface area contributed by atoms with E-state index < -0.39 is 47.1 Å². The molecule has 2 aliphatic heterocycles. The van der Waals surface area contributed by atoms with Crippen molar-refractivity contribution in [1.29, 1.82) is 0 Å². The zero-order valence-corrected chi connectivity index (χ0v) is 28.8. The first-order valence-electron chi connectivity index (χ1n) is 15.8. The average Bonchev–Trinajstić information content (AvgIpc) is 3.41. The quantitative estimate of drug-likeness (QED) is 0.133. The molecule has 0 spiro atoms. The van der Waals surface area contributed by atoms with Gasteiger partial charge in [-0.2, -0.15) is 0 Å². The fourth-order valence-electron chi connectivity index (χ4n) is 5.58. The van der Waals surface area contributed by atoms with Gasteiger partial charge in [-0.15, -0.1) is 21.1 Å². The summed E-state index contributed by atoms with van der Waals surface area (Å²) < 4.78 is 20.3. The number of amides is 3. The van der Waals surface area contributed by atoms with Gasteiger partial charge in [0, 0.05) is 25.2 Å². The molecule has 13 nitrogen and oxygen atoms in total. The van der Waals surface area contributed by atoms with Gasteiger partial charge in [-0.3, -0.25) is 19.3 Å². The Balaban J connectivity index is 1.51. The van der Waals surface area contributed by atoms with Gasteiger partial charge in [0.15, 0.2) is 24.7 Å². The number of hydrogen-bond acceptors (Lipinski definition) is 9. The molecule has 3 amide bonds. The van der Waals surface area contributed by atoms with Crippen LogP contribution in [0, 0.1) is 0 Å². The van der Waals surface area contributed by atoms with Crippen LogP contribution in [0.2, 0.25) is 0 Å². The second-order valence-electron chi connectivity index (χ2n) is 12.5. The molecule has 2 N–H and O–H groups in total. The number of nitrogens with zero attached hydrogens (tertiary/aromatic N) is 3. The largest absolute Gasteiger partial charge is 0.464 e. The van der Waals surface area contributed by atoms with Crippen molar-refractivity contribution in [2.75, 3.05) is 17.7 Å². The summed E-state index contributed by atoms with van der Waals surface area (Å²) in [5, 5.41) is 4.86. The molecule has 0 bridgehead atoms. The van der Waals surface area contributed by atoms with Crippen molar-refractivity contribution >= 4 is 47.4 Å². The molecule has 258 valence electrons. The third-order valence-electron chi connectivity index (χ3n) is 7.60. The number of benzene rings is 2. The number of carbonyl (C=O) groups is 5. The number of aromatic nitrogens is 2. The zero-order valence-electron chi connectivity index (χ0n) is 28.0. The summed E-state index contributed by atoms with van der Waals surface area (Å²) in [6, 6.07) is 19.4. The Kier molecular flexibility index (Phi) is 10.8. The second-order valence-corrected chi connectivity index (χ2v) is 13.6. The minimum atomic E-state index is -0.908. The Labute approximate surface area is 288 Å². The van der Waals surface area contributed by atoms with Gasteiger partial charge in [-0.05, 0) is 31.9 Å². The lowest BCUT2D eigenvalue weighted by Gasteiger charge is -2.49. The van der Waals surface area contributed by atoms with Crippen LogP contribution in [0.4, 0.5) is 10.6 Å². The number of nitrogens with one attached hydrogen (secondary N) is 2. The van der Waals surface area contributed by atoms with Gasteiger partial charge in [0.25, 0.3) is 5.91 Å². The SMILES string of the molecule is CC(=O)Nc1cc[n+](CC2=C(C(=O)OC(c3ccccc3)c3ccccc3)N3C(=O)[C@@H](NC(=O)OC(C)(C)C)[C@H]3SC2)n1CCOC(C)=O. The number of β-lactam (4-membered cyclic amide) rings is 1. The normalized spacial score (nSPS) is 17.2. The number of fused-ring (bicyclic) bond motifs is 1. The fraction of sp³-hybridized carbons (Fsp3) is 0.371. The Morgan fingerprint density at radius 3 is 2.18 bits per heavy atom. The summed E-state index contributed by atoms with van der Waals surface area (Å²) in [6.45, 7) is 8.27. The van der Waals surface area contributed by atoms with E-state index in [0.29, 0.717) is 17.1 Å². The van der Waals surface area contributed by atoms with Crippen LogP contribution in [-0.2, 0) is 46.5 Å². The number of anilines is 1. The van der Waals surface area contributed by atoms with Gasteiger partial charge in [0.2, 0.25) is 5.91 Å². The van der Waals surface area contributed by atoms with Gasteiger partial charge < -0.3 is 24.8 Å². The second kappa shape index (κ2) is 15.0. The van der Waals surface area contributed by atoms with E-state index in [1.807, 2.05) is 60.7 Å². The smallest absolute Gasteiger partial charge is 0.408 e. The molecule has 3 heterocycles. The van der Waals surface area contributed by atoms with Gasteiger partial charge in [-0.25, -0.2) is 9.59 Å². The molecule has 14 heteroatoms. The molecule has 0 aliphatic carbocycles. The van der Waals surface area contributed by atoms with Crippen LogP contribution < -0.4 is 15.3 Å². The predicted octanol–water partition coefficient (Wildman–Crippen LogP) is 3.69. The van der Waals surface area contributed by atoms with E-state index in [2.05, 4.69) is 10.6 Å². The highest BCUT2D eigenvalue weighted by Crippen LogP contribution is 2.42. The molecule has 2 aromatic carbocycles.